The Kier molecular flexibility index (Phi) is 7.26. The topological polar surface area (TPSA) is 46.2 Å². The van der Waals surface area contributed by atoms with Gasteiger partial charge in [0.05, 0.1) is 0 Å². The number of hydrogen-bond acceptors (Lipinski definition) is 2. The minimum atomic E-state index is 0.224. The minimum Gasteiger partial charge on any atom is -0.356 e. The summed E-state index contributed by atoms with van der Waals surface area (Å²) in [6.45, 7) is 4.11. The van der Waals surface area contributed by atoms with E-state index in [1.165, 1.54) is 0 Å². The zero-order chi connectivity index (χ0) is 10.1. The van der Waals surface area contributed by atoms with Gasteiger partial charge in [-0.2, -0.15) is 0 Å². The smallest absolute Gasteiger partial charge is 0.207 e. The zero-order valence-corrected chi connectivity index (χ0v) is 8.45. The maximum Gasteiger partial charge on any atom is 0.207 e. The molecule has 3 heteroatoms. The lowest BCUT2D eigenvalue weighted by Crippen LogP contribution is -2.29. The molecule has 0 aliphatic rings. The molecule has 0 aromatic rings. The molecule has 0 radical (unpaired) electrons. The van der Waals surface area contributed by atoms with Gasteiger partial charge in [-0.3, -0.25) is 4.79 Å². The van der Waals surface area contributed by atoms with E-state index in [1.54, 1.807) is 0 Å². The SMILES string of the molecule is CCC(CC=O)CC(CC)NC=O. The van der Waals surface area contributed by atoms with Crippen molar-refractivity contribution >= 4 is 12.7 Å². The number of rotatable bonds is 8. The van der Waals surface area contributed by atoms with Crippen LogP contribution < -0.4 is 5.32 Å². The number of carbonyl (C=O) groups excluding carboxylic acids is 2. The van der Waals surface area contributed by atoms with Gasteiger partial charge in [-0.05, 0) is 18.8 Å². The molecule has 0 bridgehead atoms. The van der Waals surface area contributed by atoms with Crippen LogP contribution in [0.1, 0.15) is 39.5 Å². The van der Waals surface area contributed by atoms with Crippen molar-refractivity contribution in [2.45, 2.75) is 45.6 Å². The molecule has 13 heavy (non-hydrogen) atoms. The fraction of sp³-hybridized carbons (Fsp3) is 0.800. The Hall–Kier alpha value is -0.860. The van der Waals surface area contributed by atoms with Crippen LogP contribution >= 0.6 is 0 Å². The van der Waals surface area contributed by atoms with E-state index in [0.29, 0.717) is 12.3 Å². The summed E-state index contributed by atoms with van der Waals surface area (Å²) in [6, 6.07) is 0.224. The minimum absolute atomic E-state index is 0.224. The van der Waals surface area contributed by atoms with Gasteiger partial charge in [0.25, 0.3) is 0 Å². The molecule has 0 rings (SSSR count). The van der Waals surface area contributed by atoms with Crippen LogP contribution in [0.5, 0.6) is 0 Å². The van der Waals surface area contributed by atoms with Crippen molar-refractivity contribution in [1.29, 1.82) is 0 Å². The summed E-state index contributed by atoms with van der Waals surface area (Å²) >= 11 is 0. The molecule has 1 N–H and O–H groups in total. The molecule has 3 nitrogen and oxygen atoms in total. The van der Waals surface area contributed by atoms with Crippen LogP contribution in [0.15, 0.2) is 0 Å². The Bertz CT molecular complexity index is 132. The fourth-order valence-corrected chi connectivity index (χ4v) is 1.42. The monoisotopic (exact) mass is 185 g/mol. The van der Waals surface area contributed by atoms with Crippen LogP contribution in [0.4, 0.5) is 0 Å². The standard InChI is InChI=1S/C10H19NO2/c1-3-9(5-6-12)7-10(4-2)11-8-13/h6,8-10H,3-5,7H2,1-2H3,(H,11,13). The Morgan fingerprint density at radius 3 is 2.31 bits per heavy atom. The van der Waals surface area contributed by atoms with Gasteiger partial charge in [0.2, 0.25) is 6.41 Å². The maximum atomic E-state index is 10.3. The van der Waals surface area contributed by atoms with Crippen LogP contribution in [0.3, 0.4) is 0 Å². The Labute approximate surface area is 79.9 Å². The highest BCUT2D eigenvalue weighted by Gasteiger charge is 2.12. The van der Waals surface area contributed by atoms with Gasteiger partial charge in [-0.1, -0.05) is 20.3 Å². The second-order valence-electron chi connectivity index (χ2n) is 3.30. The third kappa shape index (κ3) is 5.39. The predicted molar refractivity (Wildman–Crippen MR) is 52.4 cm³/mol. The molecule has 2 unspecified atom stereocenters. The van der Waals surface area contributed by atoms with Gasteiger partial charge in [0, 0.05) is 12.5 Å². The molecule has 0 spiro atoms. The van der Waals surface area contributed by atoms with E-state index < -0.39 is 0 Å². The van der Waals surface area contributed by atoms with Crippen LogP contribution in [0.2, 0.25) is 0 Å². The third-order valence-electron chi connectivity index (χ3n) is 2.42. The molecule has 2 atom stereocenters. The van der Waals surface area contributed by atoms with E-state index in [-0.39, 0.29) is 6.04 Å². The molecule has 0 saturated heterocycles. The number of carbonyl (C=O) groups is 2. The van der Waals surface area contributed by atoms with E-state index in [2.05, 4.69) is 12.2 Å². The molecule has 1 amide bonds. The van der Waals surface area contributed by atoms with Gasteiger partial charge < -0.3 is 10.1 Å². The molecule has 76 valence electrons. The van der Waals surface area contributed by atoms with Gasteiger partial charge in [-0.25, -0.2) is 0 Å². The van der Waals surface area contributed by atoms with Gasteiger partial charge in [0.15, 0.2) is 0 Å². The highest BCUT2D eigenvalue weighted by molar-refractivity contribution is 5.49. The molecular weight excluding hydrogens is 166 g/mol. The summed E-state index contributed by atoms with van der Waals surface area (Å²) in [5.74, 6) is 0.412. The molecule has 0 aliphatic carbocycles. The van der Waals surface area contributed by atoms with Crippen molar-refractivity contribution in [3.8, 4) is 0 Å². The van der Waals surface area contributed by atoms with Gasteiger partial charge in [0.1, 0.15) is 6.29 Å². The Morgan fingerprint density at radius 2 is 1.92 bits per heavy atom. The van der Waals surface area contributed by atoms with Crippen molar-refractivity contribution in [1.82, 2.24) is 5.32 Å². The second-order valence-corrected chi connectivity index (χ2v) is 3.30. The number of nitrogens with one attached hydrogen (secondary N) is 1. The van der Waals surface area contributed by atoms with Crippen LogP contribution in [-0.4, -0.2) is 18.7 Å². The predicted octanol–water partition coefficient (Wildman–Crippen LogP) is 1.52. The summed E-state index contributed by atoms with van der Waals surface area (Å²) in [5, 5.41) is 2.76. The van der Waals surface area contributed by atoms with Crippen molar-refractivity contribution in [3.05, 3.63) is 0 Å². The van der Waals surface area contributed by atoms with Crippen molar-refractivity contribution in [2.75, 3.05) is 0 Å². The van der Waals surface area contributed by atoms with Crippen molar-refractivity contribution < 1.29 is 9.59 Å². The number of hydrogen-bond donors (Lipinski definition) is 1. The Morgan fingerprint density at radius 1 is 1.23 bits per heavy atom. The van der Waals surface area contributed by atoms with Crippen LogP contribution in [0.25, 0.3) is 0 Å². The fourth-order valence-electron chi connectivity index (χ4n) is 1.42. The largest absolute Gasteiger partial charge is 0.356 e. The first-order chi connectivity index (χ1) is 6.28. The molecular formula is C10H19NO2. The summed E-state index contributed by atoms with van der Waals surface area (Å²) in [4.78, 5) is 20.5. The van der Waals surface area contributed by atoms with E-state index in [0.717, 1.165) is 32.0 Å². The zero-order valence-electron chi connectivity index (χ0n) is 8.45. The molecule has 0 aromatic heterocycles. The van der Waals surface area contributed by atoms with E-state index >= 15 is 0 Å². The van der Waals surface area contributed by atoms with Crippen molar-refractivity contribution in [2.24, 2.45) is 5.92 Å². The summed E-state index contributed by atoms with van der Waals surface area (Å²) in [5.41, 5.74) is 0. The van der Waals surface area contributed by atoms with Crippen LogP contribution in [0, 0.1) is 5.92 Å². The van der Waals surface area contributed by atoms with Gasteiger partial charge >= 0.3 is 0 Å². The molecule has 0 fully saturated rings. The second kappa shape index (κ2) is 7.77. The van der Waals surface area contributed by atoms with Crippen molar-refractivity contribution in [3.63, 3.8) is 0 Å². The van der Waals surface area contributed by atoms with E-state index in [4.69, 9.17) is 0 Å². The lowest BCUT2D eigenvalue weighted by atomic mass is 9.93. The lowest BCUT2D eigenvalue weighted by Gasteiger charge is -2.19. The van der Waals surface area contributed by atoms with E-state index in [1.807, 2.05) is 6.92 Å². The molecule has 0 aromatic carbocycles. The maximum absolute atomic E-state index is 10.3. The highest BCUT2D eigenvalue weighted by Crippen LogP contribution is 2.15. The van der Waals surface area contributed by atoms with Gasteiger partial charge in [-0.15, -0.1) is 0 Å². The lowest BCUT2D eigenvalue weighted by molar-refractivity contribution is -0.110. The van der Waals surface area contributed by atoms with Crippen LogP contribution in [-0.2, 0) is 9.59 Å². The first-order valence-electron chi connectivity index (χ1n) is 4.91. The first kappa shape index (κ1) is 12.1. The Balaban J connectivity index is 3.85. The third-order valence-corrected chi connectivity index (χ3v) is 2.42. The first-order valence-corrected chi connectivity index (χ1v) is 4.91. The quantitative estimate of drug-likeness (QED) is 0.583. The average Bonchev–Trinajstić information content (AvgIpc) is 2.16. The normalized spacial score (nSPS) is 14.6. The molecule has 0 aliphatic heterocycles. The summed E-state index contributed by atoms with van der Waals surface area (Å²) in [7, 11) is 0. The molecule has 0 heterocycles. The summed E-state index contributed by atoms with van der Waals surface area (Å²) in [6.07, 6.45) is 5.13. The highest BCUT2D eigenvalue weighted by atomic mass is 16.1. The number of amides is 1. The average molecular weight is 185 g/mol. The number of aldehydes is 1. The molecule has 0 saturated carbocycles. The summed E-state index contributed by atoms with van der Waals surface area (Å²) < 4.78 is 0. The van der Waals surface area contributed by atoms with E-state index in [9.17, 15) is 9.59 Å².